The van der Waals surface area contributed by atoms with Crippen LogP contribution in [0.1, 0.15) is 25.8 Å². The maximum atomic E-state index is 10.9. The third kappa shape index (κ3) is 3.44. The molecule has 0 unspecified atom stereocenters. The number of amides is 1. The molecule has 0 aliphatic rings. The molecular weight excluding hydrogens is 234 g/mol. The van der Waals surface area contributed by atoms with Crippen LogP contribution >= 0.6 is 0 Å². The van der Waals surface area contributed by atoms with Crippen LogP contribution < -0.4 is 11.1 Å². The fraction of sp³-hybridized carbons (Fsp3) is 0.417. The molecule has 0 spiro atoms. The quantitative estimate of drug-likeness (QED) is 0.617. The lowest BCUT2D eigenvalue weighted by molar-refractivity contribution is -0.385. The summed E-state index contributed by atoms with van der Waals surface area (Å²) >= 11 is 0. The van der Waals surface area contributed by atoms with E-state index in [1.807, 2.05) is 13.8 Å². The number of nitro benzene ring substituents is 1. The van der Waals surface area contributed by atoms with E-state index in [0.717, 1.165) is 0 Å². The lowest BCUT2D eigenvalue weighted by atomic mass is 9.99. The maximum Gasteiger partial charge on any atom is 0.274 e. The summed E-state index contributed by atoms with van der Waals surface area (Å²) < 4.78 is 0. The second-order valence-corrected chi connectivity index (χ2v) is 4.86. The lowest BCUT2D eigenvalue weighted by Gasteiger charge is -2.27. The zero-order valence-electron chi connectivity index (χ0n) is 10.7. The van der Waals surface area contributed by atoms with E-state index in [9.17, 15) is 14.9 Å². The molecule has 0 aliphatic carbocycles. The second-order valence-electron chi connectivity index (χ2n) is 4.86. The zero-order chi connectivity index (χ0) is 13.9. The van der Waals surface area contributed by atoms with Gasteiger partial charge in [-0.3, -0.25) is 14.9 Å². The van der Waals surface area contributed by atoms with Crippen LogP contribution in [0.5, 0.6) is 0 Å². The molecule has 0 aromatic heterocycles. The first-order valence-electron chi connectivity index (χ1n) is 5.53. The second kappa shape index (κ2) is 5.03. The molecular formula is C12H17N3O3. The van der Waals surface area contributed by atoms with Gasteiger partial charge in [-0.05, 0) is 26.8 Å². The zero-order valence-corrected chi connectivity index (χ0v) is 10.7. The largest absolute Gasteiger partial charge is 0.379 e. The van der Waals surface area contributed by atoms with Crippen LogP contribution in [-0.2, 0) is 4.79 Å². The Hall–Kier alpha value is -2.11. The van der Waals surface area contributed by atoms with Crippen molar-refractivity contribution in [2.24, 2.45) is 5.73 Å². The molecule has 0 radical (unpaired) electrons. The molecule has 0 heterocycles. The van der Waals surface area contributed by atoms with Crippen LogP contribution in [0.15, 0.2) is 18.2 Å². The normalized spacial score (nSPS) is 11.1. The minimum absolute atomic E-state index is 0.0508. The van der Waals surface area contributed by atoms with E-state index < -0.39 is 16.4 Å². The summed E-state index contributed by atoms with van der Waals surface area (Å²) in [5, 5.41) is 13.9. The van der Waals surface area contributed by atoms with Gasteiger partial charge in [0.05, 0.1) is 4.92 Å². The minimum Gasteiger partial charge on any atom is -0.379 e. The van der Waals surface area contributed by atoms with Gasteiger partial charge in [-0.2, -0.15) is 0 Å². The molecule has 6 heteroatoms. The number of hydrogen-bond donors (Lipinski definition) is 2. The predicted molar refractivity (Wildman–Crippen MR) is 69.3 cm³/mol. The van der Waals surface area contributed by atoms with Crippen molar-refractivity contribution >= 4 is 17.3 Å². The first-order valence-corrected chi connectivity index (χ1v) is 5.53. The number of carbonyl (C=O) groups excluding carboxylic acids is 1. The number of hydrogen-bond acceptors (Lipinski definition) is 4. The van der Waals surface area contributed by atoms with E-state index in [4.69, 9.17) is 5.73 Å². The molecule has 0 aliphatic heterocycles. The van der Waals surface area contributed by atoms with Crippen molar-refractivity contribution in [1.82, 2.24) is 0 Å². The average Bonchev–Trinajstić information content (AvgIpc) is 2.18. The molecule has 1 aromatic rings. The van der Waals surface area contributed by atoms with Gasteiger partial charge in [-0.25, -0.2) is 0 Å². The van der Waals surface area contributed by atoms with Crippen molar-refractivity contribution in [1.29, 1.82) is 0 Å². The first-order chi connectivity index (χ1) is 8.23. The molecule has 0 atom stereocenters. The Labute approximate surface area is 105 Å². The SMILES string of the molecule is Cc1c(NC(C)(C)CC(N)=O)cccc1[N+](=O)[O-]. The number of primary amides is 1. The number of anilines is 1. The highest BCUT2D eigenvalue weighted by atomic mass is 16.6. The molecule has 0 bridgehead atoms. The van der Waals surface area contributed by atoms with Crippen molar-refractivity contribution in [3.8, 4) is 0 Å². The van der Waals surface area contributed by atoms with Gasteiger partial charge in [0.1, 0.15) is 0 Å². The number of nitrogens with one attached hydrogen (secondary N) is 1. The van der Waals surface area contributed by atoms with Crippen molar-refractivity contribution < 1.29 is 9.72 Å². The number of nitro groups is 1. The Balaban J connectivity index is 3.01. The number of nitrogens with zero attached hydrogens (tertiary/aromatic N) is 1. The Kier molecular flexibility index (Phi) is 3.90. The van der Waals surface area contributed by atoms with Gasteiger partial charge in [0.15, 0.2) is 0 Å². The van der Waals surface area contributed by atoms with Crippen LogP contribution in [0.3, 0.4) is 0 Å². The Bertz CT molecular complexity index is 483. The third-order valence-corrected chi connectivity index (χ3v) is 2.59. The van der Waals surface area contributed by atoms with Crippen molar-refractivity contribution in [2.75, 3.05) is 5.32 Å². The molecule has 0 saturated carbocycles. The van der Waals surface area contributed by atoms with Crippen LogP contribution in [-0.4, -0.2) is 16.4 Å². The third-order valence-electron chi connectivity index (χ3n) is 2.59. The monoisotopic (exact) mass is 251 g/mol. The average molecular weight is 251 g/mol. The van der Waals surface area contributed by atoms with E-state index >= 15 is 0 Å². The summed E-state index contributed by atoms with van der Waals surface area (Å²) in [5.74, 6) is -0.421. The highest BCUT2D eigenvalue weighted by Gasteiger charge is 2.22. The highest BCUT2D eigenvalue weighted by Crippen LogP contribution is 2.28. The number of carbonyl (C=O) groups is 1. The van der Waals surface area contributed by atoms with Gasteiger partial charge in [0.2, 0.25) is 5.91 Å². The Morgan fingerprint density at radius 1 is 1.50 bits per heavy atom. The number of nitrogens with two attached hydrogens (primary N) is 1. The Morgan fingerprint density at radius 2 is 2.11 bits per heavy atom. The Morgan fingerprint density at radius 3 is 2.61 bits per heavy atom. The van der Waals surface area contributed by atoms with E-state index in [2.05, 4.69) is 5.32 Å². The van der Waals surface area contributed by atoms with Gasteiger partial charge >= 0.3 is 0 Å². The van der Waals surface area contributed by atoms with E-state index in [-0.39, 0.29) is 12.1 Å². The minimum atomic E-state index is -0.550. The summed E-state index contributed by atoms with van der Waals surface area (Å²) in [6, 6.07) is 4.79. The van der Waals surface area contributed by atoms with Crippen molar-refractivity contribution in [3.63, 3.8) is 0 Å². The van der Waals surface area contributed by atoms with Gasteiger partial charge in [-0.15, -0.1) is 0 Å². The molecule has 1 amide bonds. The van der Waals surface area contributed by atoms with Gasteiger partial charge in [0.25, 0.3) is 5.69 Å². The summed E-state index contributed by atoms with van der Waals surface area (Å²) in [6.07, 6.45) is 0.148. The van der Waals surface area contributed by atoms with E-state index in [1.165, 1.54) is 6.07 Å². The van der Waals surface area contributed by atoms with Crippen LogP contribution in [0.2, 0.25) is 0 Å². The summed E-state index contributed by atoms with van der Waals surface area (Å²) in [6.45, 7) is 5.30. The first kappa shape index (κ1) is 14.0. The van der Waals surface area contributed by atoms with Gasteiger partial charge < -0.3 is 11.1 Å². The molecule has 98 valence electrons. The maximum absolute atomic E-state index is 10.9. The molecule has 3 N–H and O–H groups in total. The number of benzene rings is 1. The molecule has 18 heavy (non-hydrogen) atoms. The van der Waals surface area contributed by atoms with Crippen molar-refractivity contribution in [3.05, 3.63) is 33.9 Å². The lowest BCUT2D eigenvalue weighted by Crippen LogP contribution is -2.36. The van der Waals surface area contributed by atoms with Gasteiger partial charge in [-0.1, -0.05) is 6.07 Å². The summed E-state index contributed by atoms with van der Waals surface area (Å²) in [7, 11) is 0. The molecule has 6 nitrogen and oxygen atoms in total. The van der Waals surface area contributed by atoms with Crippen molar-refractivity contribution in [2.45, 2.75) is 32.7 Å². The topological polar surface area (TPSA) is 98.3 Å². The highest BCUT2D eigenvalue weighted by molar-refractivity contribution is 5.76. The number of rotatable bonds is 5. The summed E-state index contributed by atoms with van der Waals surface area (Å²) in [5.41, 5.74) is 5.84. The fourth-order valence-electron chi connectivity index (χ4n) is 1.80. The molecule has 1 aromatic carbocycles. The van der Waals surface area contributed by atoms with Crippen LogP contribution in [0.25, 0.3) is 0 Å². The summed E-state index contributed by atoms with van der Waals surface area (Å²) in [4.78, 5) is 21.3. The smallest absolute Gasteiger partial charge is 0.274 e. The van der Waals surface area contributed by atoms with Crippen LogP contribution in [0, 0.1) is 17.0 Å². The molecule has 0 fully saturated rings. The van der Waals surface area contributed by atoms with E-state index in [1.54, 1.807) is 19.1 Å². The molecule has 0 saturated heterocycles. The van der Waals surface area contributed by atoms with E-state index in [0.29, 0.717) is 11.3 Å². The predicted octanol–water partition coefficient (Wildman–Crippen LogP) is 1.97. The fourth-order valence-corrected chi connectivity index (χ4v) is 1.80. The van der Waals surface area contributed by atoms with Crippen LogP contribution in [0.4, 0.5) is 11.4 Å². The standard InChI is InChI=1S/C12H17N3O3/c1-8-9(5-4-6-10(8)15(17)18)14-12(2,3)7-11(13)16/h4-6,14H,7H2,1-3H3,(H2,13,16). The molecule has 1 rings (SSSR count). The van der Waals surface area contributed by atoms with Gasteiger partial charge in [0, 0.05) is 29.3 Å².